The van der Waals surface area contributed by atoms with Gasteiger partial charge in [-0.15, -0.1) is 0 Å². The van der Waals surface area contributed by atoms with Crippen LogP contribution in [0, 0.1) is 69.5 Å². The van der Waals surface area contributed by atoms with Crippen molar-refractivity contribution in [2.75, 3.05) is 6.54 Å². The van der Waals surface area contributed by atoms with Crippen LogP contribution in [-0.2, 0) is 42.3 Å². The molecule has 0 aromatic heterocycles. The number of nitriles is 3. The quantitative estimate of drug-likeness (QED) is 0.216. The van der Waals surface area contributed by atoms with Gasteiger partial charge in [0.1, 0.15) is 0 Å². The number of carbonyl (C=O) groups is 2. The summed E-state index contributed by atoms with van der Waals surface area (Å²) in [6.07, 6.45) is 7.23. The van der Waals surface area contributed by atoms with Gasteiger partial charge in [0.2, 0.25) is 0 Å². The molecular weight excluding hydrogens is 593 g/mol. The monoisotopic (exact) mass is 648 g/mol. The van der Waals surface area contributed by atoms with Gasteiger partial charge in [0.05, 0.1) is 24.1 Å². The average Bonchev–Trinajstić information content (AvgIpc) is 2.84. The first kappa shape index (κ1) is 48.7. The molecular formula is C32H55N4O4Y-. The van der Waals surface area contributed by atoms with E-state index < -0.39 is 11.9 Å². The minimum absolute atomic E-state index is 0. The molecule has 0 unspecified atom stereocenters. The van der Waals surface area contributed by atoms with Gasteiger partial charge < -0.3 is 20.7 Å². The van der Waals surface area contributed by atoms with Crippen LogP contribution in [0.3, 0.4) is 0 Å². The van der Waals surface area contributed by atoms with E-state index in [2.05, 4.69) is 53.7 Å². The first-order valence-electron chi connectivity index (χ1n) is 14.2. The number of aliphatic carboxylic acids is 2. The van der Waals surface area contributed by atoms with Crippen molar-refractivity contribution in [1.29, 1.82) is 15.8 Å². The molecule has 0 heterocycles. The summed E-state index contributed by atoms with van der Waals surface area (Å²) in [5, 5.41) is 44.0. The summed E-state index contributed by atoms with van der Waals surface area (Å²) < 4.78 is 0. The van der Waals surface area contributed by atoms with Crippen LogP contribution in [0.25, 0.3) is 0 Å². The second-order valence-electron chi connectivity index (χ2n) is 11.3. The Hall–Kier alpha value is -2.05. The van der Waals surface area contributed by atoms with Gasteiger partial charge in [-0.1, -0.05) is 74.5 Å². The molecule has 0 spiro atoms. The molecule has 0 saturated carbocycles. The smallest absolute Gasteiger partial charge is 0.303 e. The maximum atomic E-state index is 10.3. The van der Waals surface area contributed by atoms with E-state index in [-0.39, 0.29) is 57.4 Å². The zero-order valence-electron chi connectivity index (χ0n) is 27.2. The molecule has 0 rings (SSSR count). The van der Waals surface area contributed by atoms with Crippen molar-refractivity contribution >= 4 is 11.9 Å². The van der Waals surface area contributed by atoms with Gasteiger partial charge in [0.15, 0.2) is 0 Å². The van der Waals surface area contributed by atoms with Crippen LogP contribution in [0.2, 0.25) is 0 Å². The minimum atomic E-state index is -1.14. The molecule has 0 amide bonds. The van der Waals surface area contributed by atoms with Crippen LogP contribution >= 0.6 is 0 Å². The van der Waals surface area contributed by atoms with Crippen LogP contribution in [-0.4, -0.2) is 23.6 Å². The van der Waals surface area contributed by atoms with Crippen LogP contribution in [0.5, 0.6) is 0 Å². The van der Waals surface area contributed by atoms with E-state index in [0.717, 1.165) is 30.4 Å². The zero-order valence-corrected chi connectivity index (χ0v) is 30.1. The number of carbonyl (C=O) groups excluding carboxylic acids is 1. The molecule has 231 valence electrons. The summed E-state index contributed by atoms with van der Waals surface area (Å²) >= 11 is 0. The van der Waals surface area contributed by atoms with E-state index in [0.29, 0.717) is 36.6 Å². The Balaban J connectivity index is -0.000000140. The molecule has 9 heteroatoms. The molecule has 8 nitrogen and oxygen atoms in total. The van der Waals surface area contributed by atoms with Crippen molar-refractivity contribution in [3.05, 3.63) is 23.3 Å². The molecule has 0 aromatic carbocycles. The Morgan fingerprint density at radius 3 is 1.54 bits per heavy atom. The summed E-state index contributed by atoms with van der Waals surface area (Å²) in [6.45, 7) is 20.8. The van der Waals surface area contributed by atoms with Crippen molar-refractivity contribution in [3.63, 3.8) is 0 Å². The fourth-order valence-electron chi connectivity index (χ4n) is 3.43. The third-order valence-corrected chi connectivity index (χ3v) is 5.13. The van der Waals surface area contributed by atoms with Crippen molar-refractivity contribution in [2.24, 2.45) is 41.2 Å². The van der Waals surface area contributed by atoms with Crippen molar-refractivity contribution in [1.82, 2.24) is 0 Å². The summed E-state index contributed by atoms with van der Waals surface area (Å²) in [4.78, 5) is 20.4. The molecule has 1 radical (unpaired) electrons. The van der Waals surface area contributed by atoms with E-state index in [4.69, 9.17) is 26.6 Å². The van der Waals surface area contributed by atoms with Crippen LogP contribution in [0.4, 0.5) is 0 Å². The van der Waals surface area contributed by atoms with E-state index in [1.165, 1.54) is 0 Å². The Morgan fingerprint density at radius 1 is 0.854 bits per heavy atom. The van der Waals surface area contributed by atoms with Gasteiger partial charge in [-0.2, -0.15) is 15.8 Å². The maximum Gasteiger partial charge on any atom is 0.303 e. The second-order valence-corrected chi connectivity index (χ2v) is 11.3. The van der Waals surface area contributed by atoms with Crippen molar-refractivity contribution < 1.29 is 52.5 Å². The fourth-order valence-corrected chi connectivity index (χ4v) is 3.43. The SMILES string of the molecule is CC(C)C[C@H](C#N)CC(=O)[O-].CC(C)C[C@H](CN)CC(=O)O.CC=C(C#N)CC(C)C.CCC(C#N)=CC(C)C.[Y]. The first-order chi connectivity index (χ1) is 18.5. The van der Waals surface area contributed by atoms with Gasteiger partial charge >= 0.3 is 5.97 Å². The second kappa shape index (κ2) is 32.5. The van der Waals surface area contributed by atoms with E-state index >= 15 is 0 Å². The third-order valence-electron chi connectivity index (χ3n) is 5.13. The van der Waals surface area contributed by atoms with E-state index in [1.807, 2.05) is 45.9 Å². The summed E-state index contributed by atoms with van der Waals surface area (Å²) in [6, 6.07) is 6.23. The Kier molecular flexibility index (Phi) is 38.5. The summed E-state index contributed by atoms with van der Waals surface area (Å²) in [5.41, 5.74) is 7.19. The van der Waals surface area contributed by atoms with Crippen molar-refractivity contribution in [3.8, 4) is 18.2 Å². The number of rotatable bonds is 13. The molecule has 2 atom stereocenters. The Labute approximate surface area is 276 Å². The number of nitrogens with zero attached hydrogens (tertiary/aromatic N) is 3. The molecule has 0 aliphatic rings. The van der Waals surface area contributed by atoms with Gasteiger partial charge in [0, 0.05) is 62.7 Å². The van der Waals surface area contributed by atoms with Crippen LogP contribution in [0.15, 0.2) is 23.3 Å². The number of carboxylic acid groups (broad SMARTS) is 2. The van der Waals surface area contributed by atoms with E-state index in [1.54, 1.807) is 0 Å². The predicted molar refractivity (Wildman–Crippen MR) is 160 cm³/mol. The number of hydrogen-bond donors (Lipinski definition) is 2. The first-order valence-corrected chi connectivity index (χ1v) is 14.2. The average molecular weight is 649 g/mol. The molecule has 3 N–H and O–H groups in total. The molecule has 0 aliphatic heterocycles. The predicted octanol–water partition coefficient (Wildman–Crippen LogP) is 6.40. The third kappa shape index (κ3) is 42.6. The van der Waals surface area contributed by atoms with Gasteiger partial charge in [-0.3, -0.25) is 4.79 Å². The number of hydrogen-bond acceptors (Lipinski definition) is 7. The molecule has 0 bridgehead atoms. The molecule has 0 aromatic rings. The number of carboxylic acids is 2. The van der Waals surface area contributed by atoms with Gasteiger partial charge in [-0.25, -0.2) is 0 Å². The van der Waals surface area contributed by atoms with Crippen LogP contribution < -0.4 is 10.8 Å². The molecule has 0 aliphatic carbocycles. The summed E-state index contributed by atoms with van der Waals surface area (Å²) in [7, 11) is 0. The number of allylic oxidation sites excluding steroid dienone is 4. The zero-order chi connectivity index (χ0) is 32.3. The number of nitrogens with two attached hydrogens (primary N) is 1. The fraction of sp³-hybridized carbons (Fsp3) is 0.719. The topological polar surface area (TPSA) is 175 Å². The van der Waals surface area contributed by atoms with Crippen LogP contribution in [0.1, 0.15) is 108 Å². The Bertz CT molecular complexity index is 860. The van der Waals surface area contributed by atoms with E-state index in [9.17, 15) is 14.7 Å². The minimum Gasteiger partial charge on any atom is -0.550 e. The standard InChI is InChI=1S/C8H17NO2.C8H13NO2.2C8H13N.Y/c2*1-6(2)3-7(5-9)4-8(10)11;2*1-4-8(6-9)5-7(2)3;/h6-7H,3-5,9H2,1-2H3,(H,10,11);6-7H,3-4H2,1-2H3,(H,10,11);5,7H,4H2,1-3H3;4,7H,5H2,1-3H3;/p-1/t2*7-;;;/m00.../s1. The largest absolute Gasteiger partial charge is 0.550 e. The normalized spacial score (nSPS) is 12.1. The summed E-state index contributed by atoms with van der Waals surface area (Å²) in [5.74, 6) is -0.150. The maximum absolute atomic E-state index is 10.3. The molecule has 0 fully saturated rings. The Morgan fingerprint density at radius 2 is 1.34 bits per heavy atom. The van der Waals surface area contributed by atoms with Gasteiger partial charge in [0.25, 0.3) is 0 Å². The molecule has 41 heavy (non-hydrogen) atoms. The van der Waals surface area contributed by atoms with Crippen molar-refractivity contribution in [2.45, 2.75) is 108 Å². The molecule has 0 saturated heterocycles. The van der Waals surface area contributed by atoms with Gasteiger partial charge in [-0.05, 0) is 68.7 Å².